The van der Waals surface area contributed by atoms with Gasteiger partial charge in [0.05, 0.1) is 5.92 Å². The first kappa shape index (κ1) is 14.4. The smallest absolute Gasteiger partial charge is 0.310 e. The highest BCUT2D eigenvalue weighted by atomic mass is 19.4. The summed E-state index contributed by atoms with van der Waals surface area (Å²) in [7, 11) is 0. The molecule has 0 amide bonds. The highest BCUT2D eigenvalue weighted by molar-refractivity contribution is 5.21. The first-order valence-corrected chi connectivity index (χ1v) is 6.81. The molecule has 1 aliphatic carbocycles. The predicted octanol–water partition coefficient (Wildman–Crippen LogP) is 4.21. The van der Waals surface area contributed by atoms with E-state index in [0.717, 1.165) is 12.0 Å². The van der Waals surface area contributed by atoms with Crippen LogP contribution in [0.15, 0.2) is 24.3 Å². The van der Waals surface area contributed by atoms with Crippen molar-refractivity contribution in [2.24, 2.45) is 5.92 Å². The molecule has 0 radical (unpaired) electrons. The van der Waals surface area contributed by atoms with Gasteiger partial charge in [0.1, 0.15) is 0 Å². The van der Waals surface area contributed by atoms with Crippen LogP contribution in [0.2, 0.25) is 0 Å². The molecular formula is C15H20F3N. The summed E-state index contributed by atoms with van der Waals surface area (Å²) in [6.07, 6.45) is -2.03. The Hall–Kier alpha value is -1.03. The molecule has 0 aromatic heterocycles. The van der Waals surface area contributed by atoms with Gasteiger partial charge in [0.25, 0.3) is 0 Å². The first-order valence-electron chi connectivity index (χ1n) is 6.81. The fourth-order valence-electron chi connectivity index (χ4n) is 2.64. The van der Waals surface area contributed by atoms with Crippen molar-refractivity contribution in [3.05, 3.63) is 35.4 Å². The average Bonchev–Trinajstić information content (AvgIpc) is 2.37. The van der Waals surface area contributed by atoms with Crippen molar-refractivity contribution in [2.75, 3.05) is 0 Å². The second-order valence-electron chi connectivity index (χ2n) is 5.47. The summed E-state index contributed by atoms with van der Waals surface area (Å²) in [5.74, 6) is -1.13. The van der Waals surface area contributed by atoms with Gasteiger partial charge in [-0.15, -0.1) is 0 Å². The summed E-state index contributed by atoms with van der Waals surface area (Å²) < 4.78 is 38.1. The van der Waals surface area contributed by atoms with Gasteiger partial charge in [0, 0.05) is 12.6 Å². The SMILES string of the molecule is Cc1ccc(CNC2CCCC(C(F)(F)F)C2)cc1. The number of hydrogen-bond acceptors (Lipinski definition) is 1. The molecule has 19 heavy (non-hydrogen) atoms. The minimum Gasteiger partial charge on any atom is -0.310 e. The molecule has 0 bridgehead atoms. The van der Waals surface area contributed by atoms with Gasteiger partial charge in [-0.3, -0.25) is 0 Å². The van der Waals surface area contributed by atoms with Crippen LogP contribution in [0.4, 0.5) is 13.2 Å². The Labute approximate surface area is 112 Å². The van der Waals surface area contributed by atoms with Crippen molar-refractivity contribution >= 4 is 0 Å². The van der Waals surface area contributed by atoms with Gasteiger partial charge in [0.15, 0.2) is 0 Å². The number of alkyl halides is 3. The highest BCUT2D eigenvalue weighted by Gasteiger charge is 2.41. The van der Waals surface area contributed by atoms with Gasteiger partial charge in [0.2, 0.25) is 0 Å². The fourth-order valence-corrected chi connectivity index (χ4v) is 2.64. The Morgan fingerprint density at radius 3 is 2.47 bits per heavy atom. The summed E-state index contributed by atoms with van der Waals surface area (Å²) in [6, 6.07) is 8.08. The van der Waals surface area contributed by atoms with E-state index in [-0.39, 0.29) is 18.9 Å². The molecule has 0 heterocycles. The average molecular weight is 271 g/mol. The van der Waals surface area contributed by atoms with E-state index in [1.54, 1.807) is 0 Å². The van der Waals surface area contributed by atoms with E-state index >= 15 is 0 Å². The number of hydrogen-bond donors (Lipinski definition) is 1. The summed E-state index contributed by atoms with van der Waals surface area (Å²) in [5.41, 5.74) is 2.32. The van der Waals surface area contributed by atoms with Crippen molar-refractivity contribution in [3.8, 4) is 0 Å². The summed E-state index contributed by atoms with van der Waals surface area (Å²) >= 11 is 0. The summed E-state index contributed by atoms with van der Waals surface area (Å²) in [5, 5.41) is 3.26. The maximum Gasteiger partial charge on any atom is 0.391 e. The van der Waals surface area contributed by atoms with Gasteiger partial charge in [-0.1, -0.05) is 36.2 Å². The molecule has 4 heteroatoms. The van der Waals surface area contributed by atoms with Crippen LogP contribution in [0, 0.1) is 12.8 Å². The molecule has 1 N–H and O–H groups in total. The molecule has 2 atom stereocenters. The minimum atomic E-state index is -4.04. The van der Waals surface area contributed by atoms with Crippen LogP contribution in [0.25, 0.3) is 0 Å². The van der Waals surface area contributed by atoms with Gasteiger partial charge in [-0.25, -0.2) is 0 Å². The molecule has 1 aromatic rings. The minimum absolute atomic E-state index is 0.0123. The van der Waals surface area contributed by atoms with Crippen molar-refractivity contribution < 1.29 is 13.2 Å². The zero-order chi connectivity index (χ0) is 13.9. The van der Waals surface area contributed by atoms with E-state index in [0.29, 0.717) is 13.0 Å². The van der Waals surface area contributed by atoms with Crippen LogP contribution in [-0.4, -0.2) is 12.2 Å². The van der Waals surface area contributed by atoms with Crippen LogP contribution >= 0.6 is 0 Å². The third kappa shape index (κ3) is 4.23. The maximum atomic E-state index is 12.7. The zero-order valence-electron chi connectivity index (χ0n) is 11.1. The highest BCUT2D eigenvalue weighted by Crippen LogP contribution is 2.37. The van der Waals surface area contributed by atoms with E-state index in [2.05, 4.69) is 5.32 Å². The Balaban J connectivity index is 1.84. The van der Waals surface area contributed by atoms with Gasteiger partial charge >= 0.3 is 6.18 Å². The molecule has 0 saturated heterocycles. The predicted molar refractivity (Wildman–Crippen MR) is 69.8 cm³/mol. The molecule has 1 saturated carbocycles. The van der Waals surface area contributed by atoms with Crippen LogP contribution in [-0.2, 0) is 6.54 Å². The van der Waals surface area contributed by atoms with E-state index in [9.17, 15) is 13.2 Å². The first-order chi connectivity index (χ1) is 8.95. The Bertz CT molecular complexity index is 397. The Morgan fingerprint density at radius 2 is 1.84 bits per heavy atom. The number of benzene rings is 1. The molecule has 1 fully saturated rings. The monoisotopic (exact) mass is 271 g/mol. The summed E-state index contributed by atoms with van der Waals surface area (Å²) in [4.78, 5) is 0. The van der Waals surface area contributed by atoms with Crippen molar-refractivity contribution in [1.29, 1.82) is 0 Å². The molecule has 1 aromatic carbocycles. The fraction of sp³-hybridized carbons (Fsp3) is 0.600. The lowest BCUT2D eigenvalue weighted by Gasteiger charge is -2.31. The lowest BCUT2D eigenvalue weighted by atomic mass is 9.85. The van der Waals surface area contributed by atoms with Crippen LogP contribution in [0.1, 0.15) is 36.8 Å². The second kappa shape index (κ2) is 5.95. The molecule has 2 unspecified atom stereocenters. The lowest BCUT2D eigenvalue weighted by Crippen LogP contribution is -2.38. The van der Waals surface area contributed by atoms with E-state index in [4.69, 9.17) is 0 Å². The van der Waals surface area contributed by atoms with Crippen molar-refractivity contribution in [1.82, 2.24) is 5.32 Å². The largest absolute Gasteiger partial charge is 0.391 e. The second-order valence-corrected chi connectivity index (χ2v) is 5.47. The van der Waals surface area contributed by atoms with Crippen molar-refractivity contribution in [2.45, 2.75) is 51.4 Å². The van der Waals surface area contributed by atoms with Gasteiger partial charge in [-0.05, 0) is 31.7 Å². The van der Waals surface area contributed by atoms with Gasteiger partial charge < -0.3 is 5.32 Å². The van der Waals surface area contributed by atoms with Crippen molar-refractivity contribution in [3.63, 3.8) is 0 Å². The van der Waals surface area contributed by atoms with Crippen LogP contribution in [0.3, 0.4) is 0 Å². The Kier molecular flexibility index (Phi) is 4.50. The van der Waals surface area contributed by atoms with E-state index in [1.165, 1.54) is 5.56 Å². The third-order valence-electron chi connectivity index (χ3n) is 3.85. The third-order valence-corrected chi connectivity index (χ3v) is 3.85. The Morgan fingerprint density at radius 1 is 1.16 bits per heavy atom. The molecule has 2 rings (SSSR count). The number of nitrogens with one attached hydrogen (secondary N) is 1. The lowest BCUT2D eigenvalue weighted by molar-refractivity contribution is -0.183. The zero-order valence-corrected chi connectivity index (χ0v) is 11.1. The van der Waals surface area contributed by atoms with Crippen LogP contribution in [0.5, 0.6) is 0 Å². The van der Waals surface area contributed by atoms with Gasteiger partial charge in [-0.2, -0.15) is 13.2 Å². The quantitative estimate of drug-likeness (QED) is 0.868. The molecule has 106 valence electrons. The summed E-state index contributed by atoms with van der Waals surface area (Å²) in [6.45, 7) is 2.67. The molecule has 1 aliphatic rings. The molecular weight excluding hydrogens is 251 g/mol. The number of aryl methyl sites for hydroxylation is 1. The van der Waals surface area contributed by atoms with Crippen LogP contribution < -0.4 is 5.32 Å². The van der Waals surface area contributed by atoms with E-state index < -0.39 is 12.1 Å². The van der Waals surface area contributed by atoms with E-state index in [1.807, 2.05) is 31.2 Å². The number of halogens is 3. The standard InChI is InChI=1S/C15H20F3N/c1-11-5-7-12(8-6-11)10-19-14-4-2-3-13(9-14)15(16,17)18/h5-8,13-14,19H,2-4,9-10H2,1H3. The topological polar surface area (TPSA) is 12.0 Å². The number of rotatable bonds is 3. The molecule has 0 spiro atoms. The molecule has 1 nitrogen and oxygen atoms in total. The molecule has 0 aliphatic heterocycles. The normalized spacial score (nSPS) is 24.4. The maximum absolute atomic E-state index is 12.7.